The molecule has 3 N–H and O–H groups in total. The van der Waals surface area contributed by atoms with Crippen molar-refractivity contribution in [3.05, 3.63) is 12.3 Å². The van der Waals surface area contributed by atoms with Crippen molar-refractivity contribution >= 4 is 11.9 Å². The van der Waals surface area contributed by atoms with Crippen molar-refractivity contribution in [1.82, 2.24) is 9.97 Å². The number of aromatic nitrogens is 2. The molecule has 1 aromatic rings. The van der Waals surface area contributed by atoms with Gasteiger partial charge in [-0.2, -0.15) is 4.98 Å². The minimum Gasteiger partial charge on any atom is -0.478 e. The fourth-order valence-corrected chi connectivity index (χ4v) is 1.12. The third-order valence-electron chi connectivity index (χ3n) is 1.81. The van der Waals surface area contributed by atoms with E-state index in [0.717, 1.165) is 0 Å². The van der Waals surface area contributed by atoms with Gasteiger partial charge in [-0.05, 0) is 13.3 Å². The highest BCUT2D eigenvalue weighted by Crippen LogP contribution is 2.07. The first-order valence-electron chi connectivity index (χ1n) is 5.20. The van der Waals surface area contributed by atoms with Gasteiger partial charge in [0, 0.05) is 25.2 Å². The first-order chi connectivity index (χ1) is 7.72. The number of nitrogens with zero attached hydrogens (tertiary/aromatic N) is 2. The number of nitrogens with two attached hydrogens (primary N) is 1. The number of nitrogens with one attached hydrogen (secondary N) is 1. The molecular formula is C10H16N4O2. The van der Waals surface area contributed by atoms with Crippen LogP contribution < -0.4 is 15.8 Å². The number of amides is 1. The fourth-order valence-electron chi connectivity index (χ4n) is 1.12. The maximum atomic E-state index is 10.5. The summed E-state index contributed by atoms with van der Waals surface area (Å²) in [5.74, 6) is 0.733. The number of carbonyl (C=O) groups excluding carboxylic acids is 1. The monoisotopic (exact) mass is 224 g/mol. The van der Waals surface area contributed by atoms with E-state index < -0.39 is 0 Å². The van der Waals surface area contributed by atoms with E-state index in [4.69, 9.17) is 10.5 Å². The number of rotatable bonds is 7. The molecule has 0 spiro atoms. The van der Waals surface area contributed by atoms with Gasteiger partial charge in [-0.3, -0.25) is 4.79 Å². The van der Waals surface area contributed by atoms with E-state index in [0.29, 0.717) is 37.8 Å². The van der Waals surface area contributed by atoms with Crippen molar-refractivity contribution in [3.63, 3.8) is 0 Å². The SMILES string of the molecule is CCOc1ccnc(NCCCC(N)=O)n1. The standard InChI is InChI=1S/C10H16N4O2/c1-2-16-9-5-7-13-10(14-9)12-6-3-4-8(11)15/h5,7H,2-4,6H2,1H3,(H2,11,15)(H,12,13,14). The summed E-state index contributed by atoms with van der Waals surface area (Å²) in [4.78, 5) is 18.6. The van der Waals surface area contributed by atoms with Gasteiger partial charge in [0.05, 0.1) is 6.61 Å². The summed E-state index contributed by atoms with van der Waals surface area (Å²) in [7, 11) is 0. The quantitative estimate of drug-likeness (QED) is 0.660. The zero-order chi connectivity index (χ0) is 11.8. The van der Waals surface area contributed by atoms with Crippen molar-refractivity contribution < 1.29 is 9.53 Å². The number of hydrogen-bond acceptors (Lipinski definition) is 5. The van der Waals surface area contributed by atoms with Crippen molar-refractivity contribution in [2.24, 2.45) is 5.73 Å². The van der Waals surface area contributed by atoms with Gasteiger partial charge in [-0.15, -0.1) is 0 Å². The maximum absolute atomic E-state index is 10.5. The molecule has 1 amide bonds. The molecule has 0 aliphatic rings. The van der Waals surface area contributed by atoms with Gasteiger partial charge in [0.2, 0.25) is 17.7 Å². The molecule has 0 fully saturated rings. The molecule has 0 saturated carbocycles. The second kappa shape index (κ2) is 6.60. The average molecular weight is 224 g/mol. The Hall–Kier alpha value is -1.85. The highest BCUT2D eigenvalue weighted by Gasteiger charge is 1.99. The van der Waals surface area contributed by atoms with Gasteiger partial charge in [0.25, 0.3) is 0 Å². The largest absolute Gasteiger partial charge is 0.478 e. The molecular weight excluding hydrogens is 208 g/mol. The zero-order valence-electron chi connectivity index (χ0n) is 9.27. The molecule has 0 unspecified atom stereocenters. The molecule has 0 aliphatic heterocycles. The highest BCUT2D eigenvalue weighted by atomic mass is 16.5. The summed E-state index contributed by atoms with van der Waals surface area (Å²) in [6.45, 7) is 3.07. The lowest BCUT2D eigenvalue weighted by Gasteiger charge is -2.05. The van der Waals surface area contributed by atoms with E-state index in [9.17, 15) is 4.79 Å². The Morgan fingerprint density at radius 1 is 1.62 bits per heavy atom. The molecule has 0 saturated heterocycles. The fraction of sp³-hybridized carbons (Fsp3) is 0.500. The Kier molecular flexibility index (Phi) is 5.04. The Bertz CT molecular complexity index is 343. The van der Waals surface area contributed by atoms with E-state index in [1.165, 1.54) is 0 Å². The van der Waals surface area contributed by atoms with E-state index in [-0.39, 0.29) is 5.91 Å². The smallest absolute Gasteiger partial charge is 0.225 e. The molecule has 0 aromatic carbocycles. The average Bonchev–Trinajstić information content (AvgIpc) is 2.25. The van der Waals surface area contributed by atoms with E-state index in [1.54, 1.807) is 12.3 Å². The van der Waals surface area contributed by atoms with Gasteiger partial charge < -0.3 is 15.8 Å². The Morgan fingerprint density at radius 3 is 3.12 bits per heavy atom. The predicted octanol–water partition coefficient (Wildman–Crippen LogP) is 0.553. The molecule has 1 rings (SSSR count). The predicted molar refractivity (Wildman–Crippen MR) is 60.1 cm³/mol. The minimum atomic E-state index is -0.300. The number of ether oxygens (including phenoxy) is 1. The Morgan fingerprint density at radius 2 is 2.44 bits per heavy atom. The number of carbonyl (C=O) groups is 1. The normalized spacial score (nSPS) is 9.81. The van der Waals surface area contributed by atoms with Gasteiger partial charge in [0.15, 0.2) is 0 Å². The van der Waals surface area contributed by atoms with Crippen LogP contribution in [0.4, 0.5) is 5.95 Å². The molecule has 0 bridgehead atoms. The van der Waals surface area contributed by atoms with E-state index in [1.807, 2.05) is 6.92 Å². The lowest BCUT2D eigenvalue weighted by Crippen LogP contribution is -2.13. The number of hydrogen-bond donors (Lipinski definition) is 2. The summed E-state index contributed by atoms with van der Waals surface area (Å²) >= 11 is 0. The second-order valence-corrected chi connectivity index (χ2v) is 3.15. The summed E-state index contributed by atoms with van der Waals surface area (Å²) in [5.41, 5.74) is 5.02. The van der Waals surface area contributed by atoms with Crippen molar-refractivity contribution in [3.8, 4) is 5.88 Å². The molecule has 1 heterocycles. The van der Waals surface area contributed by atoms with Crippen LogP contribution >= 0.6 is 0 Å². The number of primary amides is 1. The van der Waals surface area contributed by atoms with Gasteiger partial charge >= 0.3 is 0 Å². The molecule has 0 aliphatic carbocycles. The Labute approximate surface area is 94.2 Å². The lowest BCUT2D eigenvalue weighted by atomic mass is 10.3. The molecule has 0 radical (unpaired) electrons. The molecule has 6 nitrogen and oxygen atoms in total. The van der Waals surface area contributed by atoms with Crippen LogP contribution in [0.2, 0.25) is 0 Å². The van der Waals surface area contributed by atoms with Crippen molar-refractivity contribution in [2.45, 2.75) is 19.8 Å². The van der Waals surface area contributed by atoms with Crippen molar-refractivity contribution in [2.75, 3.05) is 18.5 Å². The lowest BCUT2D eigenvalue weighted by molar-refractivity contribution is -0.118. The van der Waals surface area contributed by atoms with Gasteiger partial charge in [0.1, 0.15) is 0 Å². The minimum absolute atomic E-state index is 0.300. The molecule has 1 aromatic heterocycles. The van der Waals surface area contributed by atoms with Crippen LogP contribution in [0.5, 0.6) is 5.88 Å². The van der Waals surface area contributed by atoms with Crippen LogP contribution in [-0.4, -0.2) is 29.0 Å². The summed E-state index contributed by atoms with van der Waals surface area (Å²) in [5, 5.41) is 2.99. The van der Waals surface area contributed by atoms with E-state index >= 15 is 0 Å². The van der Waals surface area contributed by atoms with Gasteiger partial charge in [-0.25, -0.2) is 4.98 Å². The van der Waals surface area contributed by atoms with Crippen molar-refractivity contribution in [1.29, 1.82) is 0 Å². The van der Waals surface area contributed by atoms with Crippen LogP contribution in [0.1, 0.15) is 19.8 Å². The van der Waals surface area contributed by atoms with Crippen LogP contribution in [0.25, 0.3) is 0 Å². The molecule has 0 atom stereocenters. The summed E-state index contributed by atoms with van der Waals surface area (Å²) in [6, 6.07) is 1.69. The van der Waals surface area contributed by atoms with Crippen LogP contribution in [0.15, 0.2) is 12.3 Å². The third-order valence-corrected chi connectivity index (χ3v) is 1.81. The topological polar surface area (TPSA) is 90.1 Å². The molecule has 16 heavy (non-hydrogen) atoms. The van der Waals surface area contributed by atoms with Crippen LogP contribution in [-0.2, 0) is 4.79 Å². The Balaban J connectivity index is 2.35. The second-order valence-electron chi connectivity index (χ2n) is 3.15. The van der Waals surface area contributed by atoms with Crippen LogP contribution in [0.3, 0.4) is 0 Å². The highest BCUT2D eigenvalue weighted by molar-refractivity contribution is 5.73. The summed E-state index contributed by atoms with van der Waals surface area (Å²) < 4.78 is 5.23. The molecule has 6 heteroatoms. The zero-order valence-corrected chi connectivity index (χ0v) is 9.27. The first kappa shape index (κ1) is 12.2. The van der Waals surface area contributed by atoms with Gasteiger partial charge in [-0.1, -0.05) is 0 Å². The van der Waals surface area contributed by atoms with Crippen LogP contribution in [0, 0.1) is 0 Å². The molecule has 88 valence electrons. The number of anilines is 1. The maximum Gasteiger partial charge on any atom is 0.225 e. The third kappa shape index (κ3) is 4.59. The van der Waals surface area contributed by atoms with E-state index in [2.05, 4.69) is 15.3 Å². The first-order valence-corrected chi connectivity index (χ1v) is 5.20. The summed E-state index contributed by atoms with van der Waals surface area (Å²) in [6.07, 6.45) is 2.64.